The van der Waals surface area contributed by atoms with Crippen molar-refractivity contribution in [2.75, 3.05) is 6.61 Å². The fraction of sp³-hybridized carbons (Fsp3) is 0.704. The van der Waals surface area contributed by atoms with Crippen molar-refractivity contribution in [3.8, 4) is 0 Å². The van der Waals surface area contributed by atoms with E-state index in [0.29, 0.717) is 5.56 Å². The summed E-state index contributed by atoms with van der Waals surface area (Å²) >= 11 is 0. The Balaban J connectivity index is 1.82. The third kappa shape index (κ3) is 16.2. The van der Waals surface area contributed by atoms with Crippen LogP contribution < -0.4 is 0 Å². The molecule has 0 amide bonds. The molecule has 0 bridgehead atoms. The van der Waals surface area contributed by atoms with Crippen LogP contribution in [-0.4, -0.2) is 18.7 Å². The maximum absolute atomic E-state index is 11.8. The van der Waals surface area contributed by atoms with Crippen LogP contribution in [0.1, 0.15) is 126 Å². The van der Waals surface area contributed by atoms with Crippen molar-refractivity contribution >= 4 is 12.1 Å². The number of unbranched alkanes of at least 4 members (excludes halogenated alkanes) is 15. The van der Waals surface area contributed by atoms with Gasteiger partial charge in [-0.05, 0) is 25.0 Å². The monoisotopic (exact) mass is 464 g/mol. The average Bonchev–Trinajstić information content (AvgIpc) is 2.81. The van der Waals surface area contributed by atoms with E-state index >= 15 is 0 Å². The van der Waals surface area contributed by atoms with Crippen molar-refractivity contribution in [3.63, 3.8) is 0 Å². The second kappa shape index (κ2) is 20.5. The molecule has 0 saturated heterocycles. The van der Waals surface area contributed by atoms with Gasteiger partial charge in [-0.15, -0.1) is 0 Å². The Labute approximate surface area is 200 Å². The average molecular weight is 465 g/mol. The molecular weight excluding hydrogens is 420 g/mol. The van der Waals surface area contributed by atoms with E-state index in [9.17, 15) is 9.59 Å². The van der Waals surface area contributed by atoms with Gasteiger partial charge < -0.3 is 4.74 Å². The van der Waals surface area contributed by atoms with E-state index in [-0.39, 0.29) is 6.61 Å². The summed E-state index contributed by atoms with van der Waals surface area (Å²) in [5.74, 6) is -0.737. The third-order valence-corrected chi connectivity index (χ3v) is 5.79. The van der Waals surface area contributed by atoms with Crippen LogP contribution in [0.15, 0.2) is 24.3 Å². The Bertz CT molecular complexity index is 631. The van der Waals surface area contributed by atoms with Gasteiger partial charge in [0, 0.05) is 0 Å². The smallest absolute Gasteiger partial charge is 0.432 e. The summed E-state index contributed by atoms with van der Waals surface area (Å²) in [5.41, 5.74) is 1.07. The molecule has 0 spiro atoms. The van der Waals surface area contributed by atoms with Crippen LogP contribution in [0.5, 0.6) is 0 Å². The van der Waals surface area contributed by atoms with Crippen molar-refractivity contribution in [1.82, 2.24) is 0 Å². The van der Waals surface area contributed by atoms with E-state index in [1.807, 2.05) is 0 Å². The van der Waals surface area contributed by atoms with Crippen molar-refractivity contribution in [1.29, 1.82) is 0 Å². The Kier molecular flexibility index (Phi) is 18.0. The normalized spacial score (nSPS) is 10.7. The maximum atomic E-state index is 11.8. The van der Waals surface area contributed by atoms with Crippen molar-refractivity contribution in [3.05, 3.63) is 35.4 Å². The second-order valence-electron chi connectivity index (χ2n) is 8.74. The van der Waals surface area contributed by atoms with E-state index in [0.717, 1.165) is 24.8 Å². The molecule has 0 atom stereocenters. The molecular formula is C27H44O6. The summed E-state index contributed by atoms with van der Waals surface area (Å²) in [5, 5.41) is 4.23. The first-order valence-corrected chi connectivity index (χ1v) is 12.9. The van der Waals surface area contributed by atoms with E-state index in [2.05, 4.69) is 21.7 Å². The lowest BCUT2D eigenvalue weighted by atomic mass is 10.0. The zero-order valence-corrected chi connectivity index (χ0v) is 20.8. The Hall–Kier alpha value is -2.08. The number of hydrogen-bond acceptors (Lipinski definition) is 6. The predicted octanol–water partition coefficient (Wildman–Crippen LogP) is 8.41. The zero-order valence-electron chi connectivity index (χ0n) is 20.8. The largest absolute Gasteiger partial charge is 0.543 e. The van der Waals surface area contributed by atoms with Gasteiger partial charge in [0.2, 0.25) is 0 Å². The fourth-order valence-corrected chi connectivity index (χ4v) is 3.75. The highest BCUT2D eigenvalue weighted by atomic mass is 17.5. The molecule has 0 fully saturated rings. The van der Waals surface area contributed by atoms with E-state index in [1.165, 1.54) is 83.5 Å². The molecule has 0 aliphatic rings. The molecule has 33 heavy (non-hydrogen) atoms. The van der Waals surface area contributed by atoms with Crippen molar-refractivity contribution < 1.29 is 29.1 Å². The summed E-state index contributed by atoms with van der Waals surface area (Å²) in [6.45, 7) is 4.29. The molecule has 0 unspecified atom stereocenters. The summed E-state index contributed by atoms with van der Waals surface area (Å²) < 4.78 is 4.89. The lowest BCUT2D eigenvalue weighted by molar-refractivity contribution is -0.452. The number of hydrogen-bond donors (Lipinski definition) is 0. The molecule has 1 rings (SSSR count). The van der Waals surface area contributed by atoms with Crippen LogP contribution in [0.4, 0.5) is 4.79 Å². The topological polar surface area (TPSA) is 71.1 Å². The van der Waals surface area contributed by atoms with Gasteiger partial charge in [0.05, 0.1) is 17.2 Å². The minimum Gasteiger partial charge on any atom is -0.432 e. The van der Waals surface area contributed by atoms with Crippen LogP contribution in [0.3, 0.4) is 0 Å². The molecule has 0 N–H and O–H groups in total. The molecule has 188 valence electrons. The molecule has 0 saturated carbocycles. The highest BCUT2D eigenvalue weighted by molar-refractivity contribution is 5.90. The highest BCUT2D eigenvalue weighted by Crippen LogP contribution is 2.14. The zero-order chi connectivity index (χ0) is 24.0. The number of benzene rings is 1. The van der Waals surface area contributed by atoms with Gasteiger partial charge in [-0.25, -0.2) is 14.5 Å². The minimum atomic E-state index is -1.02. The number of carbonyl (C=O) groups is 2. The van der Waals surface area contributed by atoms with E-state index < -0.39 is 12.1 Å². The molecule has 0 radical (unpaired) electrons. The Morgan fingerprint density at radius 2 is 1.15 bits per heavy atom. The number of carbonyl (C=O) groups excluding carboxylic acids is 2. The fourth-order valence-electron chi connectivity index (χ4n) is 3.75. The standard InChI is InChI=1S/C27H44O6/c1-3-4-5-6-7-8-9-10-11-12-13-14-15-16-17-20-23-30-27(29)32-33-31-26(28)25-22-19-18-21-24(25)2/h18-19,21-22H,3-17,20,23H2,1-2H3. The second-order valence-corrected chi connectivity index (χ2v) is 8.74. The van der Waals surface area contributed by atoms with Gasteiger partial charge in [0.15, 0.2) is 0 Å². The molecule has 0 heterocycles. The molecule has 0 aliphatic heterocycles. The van der Waals surface area contributed by atoms with Gasteiger partial charge in [-0.2, -0.15) is 0 Å². The SMILES string of the molecule is CCCCCCCCCCCCCCCCCCOC(=O)OOOC(=O)c1ccccc1C. The molecule has 0 aromatic heterocycles. The minimum absolute atomic E-state index is 0.256. The van der Waals surface area contributed by atoms with Gasteiger partial charge in [-0.3, -0.25) is 4.89 Å². The van der Waals surface area contributed by atoms with Gasteiger partial charge in [0.1, 0.15) is 0 Å². The number of ether oxygens (including phenoxy) is 1. The Morgan fingerprint density at radius 3 is 1.67 bits per heavy atom. The van der Waals surface area contributed by atoms with Crippen LogP contribution in [-0.2, 0) is 19.6 Å². The molecule has 0 aliphatic carbocycles. The molecule has 6 nitrogen and oxygen atoms in total. The lowest BCUT2D eigenvalue weighted by Crippen LogP contribution is -2.13. The third-order valence-electron chi connectivity index (χ3n) is 5.79. The first kappa shape index (κ1) is 29.0. The van der Waals surface area contributed by atoms with Gasteiger partial charge >= 0.3 is 12.1 Å². The summed E-state index contributed by atoms with van der Waals surface area (Å²) in [7, 11) is 0. The maximum Gasteiger partial charge on any atom is 0.543 e. The van der Waals surface area contributed by atoms with E-state index in [1.54, 1.807) is 31.2 Å². The number of aryl methyl sites for hydroxylation is 1. The molecule has 1 aromatic rings. The highest BCUT2D eigenvalue weighted by Gasteiger charge is 2.13. The van der Waals surface area contributed by atoms with Crippen LogP contribution in [0.2, 0.25) is 0 Å². The Morgan fingerprint density at radius 1 is 0.667 bits per heavy atom. The summed E-state index contributed by atoms with van der Waals surface area (Å²) in [6.07, 6.45) is 19.6. The van der Waals surface area contributed by atoms with Gasteiger partial charge in [0.25, 0.3) is 0 Å². The first-order valence-electron chi connectivity index (χ1n) is 12.9. The van der Waals surface area contributed by atoms with Crippen LogP contribution >= 0.6 is 0 Å². The summed E-state index contributed by atoms with van der Waals surface area (Å²) in [6, 6.07) is 6.87. The van der Waals surface area contributed by atoms with Crippen molar-refractivity contribution in [2.24, 2.45) is 0 Å². The summed E-state index contributed by atoms with van der Waals surface area (Å²) in [4.78, 5) is 32.0. The van der Waals surface area contributed by atoms with E-state index in [4.69, 9.17) is 4.74 Å². The van der Waals surface area contributed by atoms with Gasteiger partial charge in [-0.1, -0.05) is 121 Å². The predicted molar refractivity (Wildman–Crippen MR) is 130 cm³/mol. The molecule has 6 heteroatoms. The van der Waals surface area contributed by atoms with Crippen molar-refractivity contribution in [2.45, 2.75) is 117 Å². The quantitative estimate of drug-likeness (QED) is 0.0834. The number of rotatable bonds is 20. The first-order chi connectivity index (χ1) is 16.1. The molecule has 1 aromatic carbocycles. The van der Waals surface area contributed by atoms with Crippen LogP contribution in [0, 0.1) is 6.92 Å². The lowest BCUT2D eigenvalue weighted by Gasteiger charge is -2.05. The van der Waals surface area contributed by atoms with Crippen LogP contribution in [0.25, 0.3) is 0 Å².